The Bertz CT molecular complexity index is 726. The summed E-state index contributed by atoms with van der Waals surface area (Å²) < 4.78 is 5.94. The third kappa shape index (κ3) is 3.03. The van der Waals surface area contributed by atoms with Crippen molar-refractivity contribution in [2.45, 2.75) is 6.61 Å². The van der Waals surface area contributed by atoms with Crippen molar-refractivity contribution in [2.24, 2.45) is 0 Å². The van der Waals surface area contributed by atoms with Crippen LogP contribution in [0, 0.1) is 0 Å². The van der Waals surface area contributed by atoms with Crippen molar-refractivity contribution in [3.05, 3.63) is 78.5 Å². The number of rotatable bonds is 4. The summed E-state index contributed by atoms with van der Waals surface area (Å²) >= 11 is 0. The van der Waals surface area contributed by atoms with E-state index in [1.807, 2.05) is 66.7 Å². The SMILES string of the molecule is Nc1cccnc1-c1ccccc1OCc1ccccc1. The Hall–Kier alpha value is -2.81. The van der Waals surface area contributed by atoms with Gasteiger partial charge in [-0.05, 0) is 29.8 Å². The number of nitrogens with two attached hydrogens (primary N) is 1. The fraction of sp³-hybridized carbons (Fsp3) is 0.0556. The average Bonchev–Trinajstić information content (AvgIpc) is 2.55. The van der Waals surface area contributed by atoms with E-state index in [-0.39, 0.29) is 0 Å². The molecule has 104 valence electrons. The third-order valence-electron chi connectivity index (χ3n) is 3.22. The maximum Gasteiger partial charge on any atom is 0.129 e. The third-order valence-corrected chi connectivity index (χ3v) is 3.22. The second-order valence-electron chi connectivity index (χ2n) is 4.71. The number of anilines is 1. The molecule has 2 aromatic carbocycles. The van der Waals surface area contributed by atoms with Gasteiger partial charge in [-0.2, -0.15) is 0 Å². The zero-order valence-electron chi connectivity index (χ0n) is 11.6. The molecule has 3 heteroatoms. The smallest absolute Gasteiger partial charge is 0.129 e. The van der Waals surface area contributed by atoms with Crippen LogP contribution in [0.4, 0.5) is 5.69 Å². The lowest BCUT2D eigenvalue weighted by Gasteiger charge is -2.12. The first kappa shape index (κ1) is 13.2. The van der Waals surface area contributed by atoms with Crippen molar-refractivity contribution in [2.75, 3.05) is 5.73 Å². The van der Waals surface area contributed by atoms with E-state index < -0.39 is 0 Å². The van der Waals surface area contributed by atoms with Gasteiger partial charge in [0, 0.05) is 11.8 Å². The van der Waals surface area contributed by atoms with Crippen LogP contribution >= 0.6 is 0 Å². The predicted molar refractivity (Wildman–Crippen MR) is 84.9 cm³/mol. The molecule has 0 bridgehead atoms. The summed E-state index contributed by atoms with van der Waals surface area (Å²) in [6.45, 7) is 0.518. The minimum absolute atomic E-state index is 0.518. The summed E-state index contributed by atoms with van der Waals surface area (Å²) in [6.07, 6.45) is 1.74. The normalized spacial score (nSPS) is 10.3. The number of aromatic nitrogens is 1. The van der Waals surface area contributed by atoms with Gasteiger partial charge in [0.15, 0.2) is 0 Å². The van der Waals surface area contributed by atoms with Gasteiger partial charge in [-0.15, -0.1) is 0 Å². The molecule has 0 atom stereocenters. The Morgan fingerprint density at radius 2 is 1.62 bits per heavy atom. The molecule has 0 aliphatic heterocycles. The van der Waals surface area contributed by atoms with E-state index >= 15 is 0 Å². The van der Waals surface area contributed by atoms with E-state index in [1.54, 1.807) is 6.20 Å². The Balaban J connectivity index is 1.88. The number of para-hydroxylation sites is 1. The molecule has 3 nitrogen and oxygen atoms in total. The summed E-state index contributed by atoms with van der Waals surface area (Å²) in [5.41, 5.74) is 9.44. The van der Waals surface area contributed by atoms with E-state index in [0.29, 0.717) is 12.3 Å². The van der Waals surface area contributed by atoms with Gasteiger partial charge in [0.2, 0.25) is 0 Å². The minimum Gasteiger partial charge on any atom is -0.488 e. The zero-order valence-corrected chi connectivity index (χ0v) is 11.6. The maximum atomic E-state index is 6.01. The summed E-state index contributed by atoms with van der Waals surface area (Å²) in [7, 11) is 0. The second-order valence-corrected chi connectivity index (χ2v) is 4.71. The van der Waals surface area contributed by atoms with Gasteiger partial charge < -0.3 is 10.5 Å². The van der Waals surface area contributed by atoms with Crippen molar-refractivity contribution >= 4 is 5.69 Å². The molecule has 0 aliphatic rings. The first-order valence-electron chi connectivity index (χ1n) is 6.81. The standard InChI is InChI=1S/C18H16N2O/c19-16-10-6-12-20-18(16)15-9-4-5-11-17(15)21-13-14-7-2-1-3-8-14/h1-12H,13,19H2. The number of pyridine rings is 1. The molecule has 0 unspecified atom stereocenters. The molecule has 0 saturated carbocycles. The van der Waals surface area contributed by atoms with Gasteiger partial charge in [-0.1, -0.05) is 42.5 Å². The Kier molecular flexibility index (Phi) is 3.83. The summed E-state index contributed by atoms with van der Waals surface area (Å²) in [5, 5.41) is 0. The van der Waals surface area contributed by atoms with Crippen LogP contribution in [0.15, 0.2) is 72.9 Å². The summed E-state index contributed by atoms with van der Waals surface area (Å²) in [5.74, 6) is 0.784. The Morgan fingerprint density at radius 1 is 0.857 bits per heavy atom. The quantitative estimate of drug-likeness (QED) is 0.786. The highest BCUT2D eigenvalue weighted by Gasteiger charge is 2.09. The molecule has 0 fully saturated rings. The van der Waals surface area contributed by atoms with Gasteiger partial charge in [-0.3, -0.25) is 4.98 Å². The van der Waals surface area contributed by atoms with Crippen LogP contribution in [-0.4, -0.2) is 4.98 Å². The molecule has 0 amide bonds. The molecule has 0 saturated heterocycles. The highest BCUT2D eigenvalue weighted by Crippen LogP contribution is 2.32. The lowest BCUT2D eigenvalue weighted by Crippen LogP contribution is -1.99. The number of hydrogen-bond donors (Lipinski definition) is 1. The van der Waals surface area contributed by atoms with Crippen LogP contribution in [0.5, 0.6) is 5.75 Å². The monoisotopic (exact) mass is 276 g/mol. The number of benzene rings is 2. The van der Waals surface area contributed by atoms with Gasteiger partial charge in [-0.25, -0.2) is 0 Å². The first-order valence-corrected chi connectivity index (χ1v) is 6.81. The molecular formula is C18H16N2O. The lowest BCUT2D eigenvalue weighted by atomic mass is 10.1. The highest BCUT2D eigenvalue weighted by atomic mass is 16.5. The van der Waals surface area contributed by atoms with Crippen LogP contribution in [0.3, 0.4) is 0 Å². The van der Waals surface area contributed by atoms with Crippen LogP contribution in [0.25, 0.3) is 11.3 Å². The Labute approximate surface area is 124 Å². The number of hydrogen-bond acceptors (Lipinski definition) is 3. The molecule has 0 aliphatic carbocycles. The number of nitrogen functional groups attached to an aromatic ring is 1. The maximum absolute atomic E-state index is 6.01. The van der Waals surface area contributed by atoms with Gasteiger partial charge in [0.25, 0.3) is 0 Å². The molecule has 21 heavy (non-hydrogen) atoms. The van der Waals surface area contributed by atoms with Crippen molar-refractivity contribution < 1.29 is 4.74 Å². The van der Waals surface area contributed by atoms with Crippen LogP contribution in [-0.2, 0) is 6.61 Å². The van der Waals surface area contributed by atoms with Crippen LogP contribution < -0.4 is 10.5 Å². The van der Waals surface area contributed by atoms with Crippen LogP contribution in [0.1, 0.15) is 5.56 Å². The number of nitrogens with zero attached hydrogens (tertiary/aromatic N) is 1. The summed E-state index contributed by atoms with van der Waals surface area (Å²) in [6, 6.07) is 21.6. The van der Waals surface area contributed by atoms with E-state index in [9.17, 15) is 0 Å². The van der Waals surface area contributed by atoms with Crippen molar-refractivity contribution in [3.8, 4) is 17.0 Å². The molecule has 3 aromatic rings. The molecular weight excluding hydrogens is 260 g/mol. The lowest BCUT2D eigenvalue weighted by molar-refractivity contribution is 0.307. The highest BCUT2D eigenvalue weighted by molar-refractivity contribution is 5.76. The largest absolute Gasteiger partial charge is 0.488 e. The van der Waals surface area contributed by atoms with E-state index in [1.165, 1.54) is 0 Å². The number of ether oxygens (including phenoxy) is 1. The molecule has 1 aromatic heterocycles. The summed E-state index contributed by atoms with van der Waals surface area (Å²) in [4.78, 5) is 4.36. The Morgan fingerprint density at radius 3 is 2.43 bits per heavy atom. The van der Waals surface area contributed by atoms with Crippen molar-refractivity contribution in [1.82, 2.24) is 4.98 Å². The van der Waals surface area contributed by atoms with Gasteiger partial charge >= 0.3 is 0 Å². The van der Waals surface area contributed by atoms with Crippen molar-refractivity contribution in [1.29, 1.82) is 0 Å². The molecule has 3 rings (SSSR count). The average molecular weight is 276 g/mol. The topological polar surface area (TPSA) is 48.1 Å². The van der Waals surface area contributed by atoms with E-state index in [4.69, 9.17) is 10.5 Å². The fourth-order valence-corrected chi connectivity index (χ4v) is 2.17. The van der Waals surface area contributed by atoms with E-state index in [2.05, 4.69) is 4.98 Å². The second kappa shape index (κ2) is 6.09. The van der Waals surface area contributed by atoms with Gasteiger partial charge in [0.1, 0.15) is 12.4 Å². The fourth-order valence-electron chi connectivity index (χ4n) is 2.17. The first-order chi connectivity index (χ1) is 10.3. The van der Waals surface area contributed by atoms with Crippen molar-refractivity contribution in [3.63, 3.8) is 0 Å². The van der Waals surface area contributed by atoms with Crippen LogP contribution in [0.2, 0.25) is 0 Å². The van der Waals surface area contributed by atoms with Gasteiger partial charge in [0.05, 0.1) is 11.4 Å². The molecule has 0 spiro atoms. The zero-order chi connectivity index (χ0) is 14.5. The van der Waals surface area contributed by atoms with E-state index in [0.717, 1.165) is 22.6 Å². The molecule has 1 heterocycles. The predicted octanol–water partition coefficient (Wildman–Crippen LogP) is 3.91. The molecule has 2 N–H and O–H groups in total. The molecule has 0 radical (unpaired) electrons. The minimum atomic E-state index is 0.518.